The number of nitrogens with one attached hydrogen (secondary N) is 1. The van der Waals surface area contributed by atoms with E-state index in [4.69, 9.17) is 11.6 Å². The summed E-state index contributed by atoms with van der Waals surface area (Å²) in [6, 6.07) is 17.4. The van der Waals surface area contributed by atoms with Crippen molar-refractivity contribution >= 4 is 33.9 Å². The summed E-state index contributed by atoms with van der Waals surface area (Å²) in [5.74, 6) is 0. The molecular formula is C15H13ClN2O2S. The summed E-state index contributed by atoms with van der Waals surface area (Å²) in [6.07, 6.45) is 2.93. The van der Waals surface area contributed by atoms with Crippen LogP contribution in [0.2, 0.25) is 0 Å². The van der Waals surface area contributed by atoms with E-state index in [9.17, 15) is 8.42 Å². The fourth-order valence-corrected chi connectivity index (χ4v) is 2.54. The third-order valence-corrected chi connectivity index (χ3v) is 3.96. The Bertz CT molecular complexity index is 742. The van der Waals surface area contributed by atoms with Gasteiger partial charge in [0.15, 0.2) is 0 Å². The van der Waals surface area contributed by atoms with Gasteiger partial charge >= 0.3 is 0 Å². The van der Waals surface area contributed by atoms with Gasteiger partial charge in [-0.2, -0.15) is 13.5 Å². The van der Waals surface area contributed by atoms with Crippen LogP contribution in [-0.4, -0.2) is 14.6 Å². The van der Waals surface area contributed by atoms with Gasteiger partial charge in [0.1, 0.15) is 0 Å². The van der Waals surface area contributed by atoms with Crippen molar-refractivity contribution in [3.05, 3.63) is 71.3 Å². The summed E-state index contributed by atoms with van der Waals surface area (Å²) in [4.78, 5) is 2.25. The highest BCUT2D eigenvalue weighted by atomic mass is 35.5. The van der Waals surface area contributed by atoms with E-state index in [0.29, 0.717) is 5.03 Å². The van der Waals surface area contributed by atoms with Gasteiger partial charge in [-0.15, -0.1) is 0 Å². The number of halogens is 1. The molecule has 0 fully saturated rings. The molecule has 0 radical (unpaired) electrons. The van der Waals surface area contributed by atoms with E-state index >= 15 is 0 Å². The molecule has 0 aliphatic heterocycles. The van der Waals surface area contributed by atoms with Crippen LogP contribution in [0.25, 0.3) is 6.08 Å². The summed E-state index contributed by atoms with van der Waals surface area (Å²) in [6.45, 7) is 0. The molecule has 2 rings (SSSR count). The summed E-state index contributed by atoms with van der Waals surface area (Å²) in [7, 11) is -3.66. The topological polar surface area (TPSA) is 58.5 Å². The fourth-order valence-electron chi connectivity index (χ4n) is 1.56. The molecule has 4 nitrogen and oxygen atoms in total. The van der Waals surface area contributed by atoms with Gasteiger partial charge in [-0.3, -0.25) is 0 Å². The van der Waals surface area contributed by atoms with Gasteiger partial charge in [0.2, 0.25) is 0 Å². The zero-order valence-corrected chi connectivity index (χ0v) is 12.6. The average molecular weight is 321 g/mol. The van der Waals surface area contributed by atoms with Crippen molar-refractivity contribution in [3.8, 4) is 0 Å². The van der Waals surface area contributed by atoms with Crippen LogP contribution in [0.4, 0.5) is 0 Å². The minimum Gasteiger partial charge on any atom is -0.200 e. The molecule has 0 saturated heterocycles. The van der Waals surface area contributed by atoms with Crippen molar-refractivity contribution in [2.45, 2.75) is 4.90 Å². The first-order valence-electron chi connectivity index (χ1n) is 6.10. The van der Waals surface area contributed by atoms with Crippen molar-refractivity contribution in [3.63, 3.8) is 0 Å². The fraction of sp³-hybridized carbons (Fsp3) is 0. The summed E-state index contributed by atoms with van der Waals surface area (Å²) in [5.41, 5.74) is 0.903. The van der Waals surface area contributed by atoms with Crippen LogP contribution in [0, 0.1) is 0 Å². The maximum Gasteiger partial charge on any atom is 0.276 e. The van der Waals surface area contributed by atoms with E-state index in [0.717, 1.165) is 5.56 Å². The van der Waals surface area contributed by atoms with Crippen molar-refractivity contribution in [1.29, 1.82) is 0 Å². The van der Waals surface area contributed by atoms with E-state index in [1.807, 2.05) is 30.3 Å². The van der Waals surface area contributed by atoms with E-state index in [1.165, 1.54) is 18.3 Å². The van der Waals surface area contributed by atoms with Crippen LogP contribution in [0.15, 0.2) is 75.7 Å². The largest absolute Gasteiger partial charge is 0.276 e. The predicted molar refractivity (Wildman–Crippen MR) is 85.5 cm³/mol. The lowest BCUT2D eigenvalue weighted by Gasteiger charge is -2.02. The van der Waals surface area contributed by atoms with Crippen LogP contribution in [0.5, 0.6) is 0 Å². The first-order valence-corrected chi connectivity index (χ1v) is 7.96. The van der Waals surface area contributed by atoms with Crippen LogP contribution >= 0.6 is 11.6 Å². The van der Waals surface area contributed by atoms with Crippen molar-refractivity contribution < 1.29 is 8.42 Å². The number of allylic oxidation sites excluding steroid dienone is 1. The Hall–Kier alpha value is -2.11. The Balaban J connectivity index is 2.04. The number of hydrogen-bond acceptors (Lipinski definition) is 3. The standard InChI is InChI=1S/C15H13ClN2O2S/c16-14(11-13-7-3-1-4-8-13)12-17-18-21(19,20)15-9-5-2-6-10-15/h1-12,18H. The van der Waals surface area contributed by atoms with E-state index in [1.54, 1.807) is 24.3 Å². The molecule has 1 N–H and O–H groups in total. The van der Waals surface area contributed by atoms with Crippen LogP contribution < -0.4 is 4.83 Å². The lowest BCUT2D eigenvalue weighted by Crippen LogP contribution is -2.18. The predicted octanol–water partition coefficient (Wildman–Crippen LogP) is 3.23. The second-order valence-electron chi connectivity index (χ2n) is 4.11. The first-order chi connectivity index (χ1) is 10.1. The SMILES string of the molecule is O=S(=O)(NN=CC(Cl)=Cc1ccccc1)c1ccccc1. The monoisotopic (exact) mass is 320 g/mol. The molecule has 6 heteroatoms. The molecule has 0 bridgehead atoms. The Morgan fingerprint density at radius 3 is 2.19 bits per heavy atom. The number of rotatable bonds is 5. The van der Waals surface area contributed by atoms with Crippen molar-refractivity contribution in [2.75, 3.05) is 0 Å². The molecule has 0 aromatic heterocycles. The molecule has 0 heterocycles. The smallest absolute Gasteiger partial charge is 0.200 e. The second-order valence-corrected chi connectivity index (χ2v) is 6.20. The molecule has 21 heavy (non-hydrogen) atoms. The number of nitrogens with zero attached hydrogens (tertiary/aromatic N) is 1. The highest BCUT2D eigenvalue weighted by Gasteiger charge is 2.10. The van der Waals surface area contributed by atoms with Gasteiger partial charge in [-0.25, -0.2) is 4.83 Å². The Morgan fingerprint density at radius 2 is 1.57 bits per heavy atom. The van der Waals surface area contributed by atoms with Gasteiger partial charge in [0.05, 0.1) is 16.1 Å². The number of benzene rings is 2. The molecule has 0 atom stereocenters. The molecule has 0 aliphatic rings. The van der Waals surface area contributed by atoms with Crippen molar-refractivity contribution in [1.82, 2.24) is 4.83 Å². The van der Waals surface area contributed by atoms with Gasteiger partial charge in [0.25, 0.3) is 10.0 Å². The third kappa shape index (κ3) is 4.73. The first kappa shape index (κ1) is 15.3. The average Bonchev–Trinajstić information content (AvgIpc) is 2.49. The second kappa shape index (κ2) is 7.06. The highest BCUT2D eigenvalue weighted by molar-refractivity contribution is 7.89. The van der Waals surface area contributed by atoms with Gasteiger partial charge < -0.3 is 0 Å². The summed E-state index contributed by atoms with van der Waals surface area (Å²) in [5, 5.41) is 3.97. The Labute approximate surface area is 128 Å². The van der Waals surface area contributed by atoms with Gasteiger partial charge in [-0.1, -0.05) is 60.1 Å². The number of sulfonamides is 1. The zero-order valence-electron chi connectivity index (χ0n) is 11.0. The normalized spacial score (nSPS) is 12.5. The van der Waals surface area contributed by atoms with Crippen LogP contribution in [-0.2, 0) is 10.0 Å². The van der Waals surface area contributed by atoms with E-state index in [2.05, 4.69) is 9.93 Å². The lowest BCUT2D eigenvalue weighted by atomic mass is 10.2. The van der Waals surface area contributed by atoms with E-state index in [-0.39, 0.29) is 4.90 Å². The molecule has 0 spiro atoms. The summed E-state index contributed by atoms with van der Waals surface area (Å²) >= 11 is 5.97. The molecule has 0 amide bonds. The van der Waals surface area contributed by atoms with Crippen LogP contribution in [0.3, 0.4) is 0 Å². The molecule has 0 unspecified atom stereocenters. The molecule has 2 aromatic rings. The van der Waals surface area contributed by atoms with Crippen molar-refractivity contribution in [2.24, 2.45) is 5.10 Å². The summed E-state index contributed by atoms with van der Waals surface area (Å²) < 4.78 is 23.8. The molecular weight excluding hydrogens is 308 g/mol. The molecule has 0 saturated carbocycles. The lowest BCUT2D eigenvalue weighted by molar-refractivity contribution is 0.584. The molecule has 2 aromatic carbocycles. The minimum atomic E-state index is -3.66. The van der Waals surface area contributed by atoms with Gasteiger partial charge in [-0.05, 0) is 23.8 Å². The highest BCUT2D eigenvalue weighted by Crippen LogP contribution is 2.09. The van der Waals surface area contributed by atoms with Crippen LogP contribution in [0.1, 0.15) is 5.56 Å². The quantitative estimate of drug-likeness (QED) is 0.679. The minimum absolute atomic E-state index is 0.144. The Morgan fingerprint density at radius 1 is 1.00 bits per heavy atom. The number of hydrazone groups is 1. The Kier molecular flexibility index (Phi) is 5.14. The maximum atomic E-state index is 11.9. The molecule has 108 valence electrons. The van der Waals surface area contributed by atoms with Gasteiger partial charge in [0, 0.05) is 0 Å². The zero-order chi connectivity index (χ0) is 15.1. The maximum absolute atomic E-state index is 11.9. The van der Waals surface area contributed by atoms with E-state index < -0.39 is 10.0 Å². The molecule has 0 aliphatic carbocycles. The third-order valence-electron chi connectivity index (χ3n) is 2.52. The number of hydrogen-bond donors (Lipinski definition) is 1.